The third kappa shape index (κ3) is 11.7. The number of hydrogen-bond acceptors (Lipinski definition) is 3. The fourth-order valence-corrected chi connectivity index (χ4v) is 8.47. The van der Waals surface area contributed by atoms with Crippen molar-refractivity contribution in [3.8, 4) is 29.6 Å². The Bertz CT molecular complexity index is 1770. The van der Waals surface area contributed by atoms with Crippen molar-refractivity contribution in [2.75, 3.05) is 47.2 Å². The van der Waals surface area contributed by atoms with Crippen LogP contribution in [0.15, 0.2) is 63.6 Å². The molecule has 1 fully saturated rings. The zero-order chi connectivity index (χ0) is 41.0. The monoisotopic (exact) mass is 756 g/mol. The zero-order valence-corrected chi connectivity index (χ0v) is 38.2. The molecule has 1 aromatic rings. The van der Waals surface area contributed by atoms with E-state index in [2.05, 4.69) is 149 Å². The lowest BCUT2D eigenvalue weighted by Crippen LogP contribution is -2.36. The zero-order valence-electron chi connectivity index (χ0n) is 37.3. The standard InChI is InChI=1S/C35H49N2O2P.C10H16.C3H9N/c1-13-30-24(3)33(36(9)26(30)5)32(28-15-17-29(18-16-28)39-23-38)34-25(4)31(14-2)27(6)37(34,10)21-19-35(7,8)20-22-40(11)12;1-4-5-8-10(2,3)9-6-7-9;1-3-4-2/h15-18,23H,13-14,20,22H2,1-12H3;9H,6-8H2,1-3H3;4H,3H2,1-2H3/q+2;;/b33-32-;;. The van der Waals surface area contributed by atoms with Crippen LogP contribution in [0.25, 0.3) is 5.57 Å². The number of nitrogens with zero attached hydrogens (tertiary/aromatic N) is 2. The van der Waals surface area contributed by atoms with Crippen molar-refractivity contribution >= 4 is 25.7 Å². The SMILES string of the molecule is CC#CCC(C)(C)C1CC1.CCC1=C(C)/C(=C(/C2=C(C)C(CC)=C(C)[N+]2(C)C#CC(C)(C)CCP(C)C)c2ccc(OC=O)cc2)[N+](C)=C1C.CCNC. The minimum absolute atomic E-state index is 0.0498. The van der Waals surface area contributed by atoms with E-state index in [1.807, 2.05) is 26.1 Å². The summed E-state index contributed by atoms with van der Waals surface area (Å²) in [5, 5.41) is 2.93. The first-order chi connectivity index (χ1) is 25.3. The van der Waals surface area contributed by atoms with E-state index in [4.69, 9.17) is 4.74 Å². The first-order valence-corrected chi connectivity index (χ1v) is 22.5. The van der Waals surface area contributed by atoms with E-state index in [1.54, 1.807) is 0 Å². The van der Waals surface area contributed by atoms with Crippen molar-refractivity contribution in [2.45, 2.75) is 122 Å². The fourth-order valence-electron chi connectivity index (χ4n) is 7.47. The molecule has 0 amide bonds. The highest BCUT2D eigenvalue weighted by Gasteiger charge is 2.47. The van der Waals surface area contributed by atoms with Gasteiger partial charge in [0.25, 0.3) is 6.47 Å². The molecule has 1 aliphatic carbocycles. The molecule has 2 aliphatic heterocycles. The topological polar surface area (TPSA) is 41.3 Å². The summed E-state index contributed by atoms with van der Waals surface area (Å²) < 4.78 is 7.97. The number of likely N-dealkylation sites (N-methyl/N-ethyl adjacent to an activating group) is 2. The van der Waals surface area contributed by atoms with Gasteiger partial charge in [-0.2, -0.15) is 9.06 Å². The van der Waals surface area contributed by atoms with Crippen molar-refractivity contribution in [1.29, 1.82) is 0 Å². The molecule has 1 unspecified atom stereocenters. The van der Waals surface area contributed by atoms with Gasteiger partial charge in [0.1, 0.15) is 30.1 Å². The summed E-state index contributed by atoms with van der Waals surface area (Å²) in [7, 11) is 6.43. The molecule has 0 bridgehead atoms. The average molecular weight is 756 g/mol. The Kier molecular flexibility index (Phi) is 17.9. The fraction of sp³-hybridized carbons (Fsp3) is 0.583. The van der Waals surface area contributed by atoms with Gasteiger partial charge in [0.05, 0.1) is 7.05 Å². The van der Waals surface area contributed by atoms with Crippen LogP contribution < -0.4 is 10.1 Å². The van der Waals surface area contributed by atoms with Gasteiger partial charge in [-0.25, -0.2) is 0 Å². The van der Waals surface area contributed by atoms with E-state index < -0.39 is 0 Å². The van der Waals surface area contributed by atoms with Crippen LogP contribution in [-0.2, 0) is 4.79 Å². The van der Waals surface area contributed by atoms with Gasteiger partial charge in [0.2, 0.25) is 5.70 Å². The van der Waals surface area contributed by atoms with E-state index in [-0.39, 0.29) is 13.3 Å². The van der Waals surface area contributed by atoms with Gasteiger partial charge in [-0.3, -0.25) is 4.79 Å². The number of allylic oxidation sites excluding steroid dienone is 6. The van der Waals surface area contributed by atoms with E-state index in [0.29, 0.717) is 22.1 Å². The molecule has 0 saturated heterocycles. The highest BCUT2D eigenvalue weighted by Crippen LogP contribution is 2.49. The van der Waals surface area contributed by atoms with Gasteiger partial charge < -0.3 is 10.1 Å². The number of benzene rings is 1. The highest BCUT2D eigenvalue weighted by atomic mass is 31.1. The molecule has 2 heterocycles. The van der Waals surface area contributed by atoms with Gasteiger partial charge in [-0.05, 0) is 135 Å². The number of carbonyl (C=O) groups excluding carboxylic acids is 1. The molecule has 1 N–H and O–H groups in total. The lowest BCUT2D eigenvalue weighted by Gasteiger charge is -2.29. The smallest absolute Gasteiger partial charge is 0.298 e. The number of nitrogens with one attached hydrogen (secondary N) is 1. The third-order valence-corrected chi connectivity index (χ3v) is 12.6. The summed E-state index contributed by atoms with van der Waals surface area (Å²) in [6.07, 6.45) is 8.21. The molecule has 0 spiro atoms. The molecular formula is C48H74N3O2P+2. The maximum atomic E-state index is 11.0. The van der Waals surface area contributed by atoms with Crippen LogP contribution in [0.2, 0.25) is 0 Å². The molecule has 1 saturated carbocycles. The first-order valence-electron chi connectivity index (χ1n) is 20.1. The van der Waals surface area contributed by atoms with Crippen LogP contribution in [-0.4, -0.2) is 68.4 Å². The van der Waals surface area contributed by atoms with Crippen molar-refractivity contribution in [3.05, 3.63) is 69.2 Å². The second-order valence-electron chi connectivity index (χ2n) is 16.7. The van der Waals surface area contributed by atoms with Crippen molar-refractivity contribution in [1.82, 2.24) is 5.32 Å². The van der Waals surface area contributed by atoms with Crippen LogP contribution in [0.5, 0.6) is 5.75 Å². The van der Waals surface area contributed by atoms with Crippen LogP contribution >= 0.6 is 7.92 Å². The molecule has 6 heteroatoms. The summed E-state index contributed by atoms with van der Waals surface area (Å²) in [4.78, 5) is 11.0. The van der Waals surface area contributed by atoms with Crippen molar-refractivity contribution in [3.63, 3.8) is 0 Å². The van der Waals surface area contributed by atoms with Crippen LogP contribution in [0.3, 0.4) is 0 Å². The molecule has 1 aromatic carbocycles. The van der Waals surface area contributed by atoms with E-state index in [1.165, 1.54) is 69.7 Å². The lowest BCUT2D eigenvalue weighted by atomic mass is 9.84. The molecule has 54 heavy (non-hydrogen) atoms. The maximum absolute atomic E-state index is 11.0. The Morgan fingerprint density at radius 3 is 2.02 bits per heavy atom. The predicted molar refractivity (Wildman–Crippen MR) is 236 cm³/mol. The summed E-state index contributed by atoms with van der Waals surface area (Å²) in [5.41, 5.74) is 13.2. The Hall–Kier alpha value is -3.21. The highest BCUT2D eigenvalue weighted by molar-refractivity contribution is 7.55. The van der Waals surface area contributed by atoms with Crippen molar-refractivity contribution < 1.29 is 18.6 Å². The Balaban J connectivity index is 0.000000603. The molecule has 1 atom stereocenters. The van der Waals surface area contributed by atoms with E-state index in [9.17, 15) is 4.79 Å². The predicted octanol–water partition coefficient (Wildman–Crippen LogP) is 11.4. The minimum Gasteiger partial charge on any atom is -0.429 e. The molecule has 5 nitrogen and oxygen atoms in total. The lowest BCUT2D eigenvalue weighted by molar-refractivity contribution is -0.755. The van der Waals surface area contributed by atoms with Gasteiger partial charge in [0, 0.05) is 48.0 Å². The quantitative estimate of drug-likeness (QED) is 0.0759. The second-order valence-corrected chi connectivity index (χ2v) is 19.3. The van der Waals surface area contributed by atoms with Gasteiger partial charge in [0.15, 0.2) is 11.4 Å². The Labute approximate surface area is 332 Å². The van der Waals surface area contributed by atoms with E-state index >= 15 is 0 Å². The molecule has 296 valence electrons. The summed E-state index contributed by atoms with van der Waals surface area (Å²) in [6.45, 7) is 32.9. The number of rotatable bonds is 12. The first kappa shape index (κ1) is 46.9. The van der Waals surface area contributed by atoms with E-state index in [0.717, 1.165) is 43.7 Å². The molecule has 4 rings (SSSR count). The normalized spacial score (nSPS) is 19.4. The molecule has 3 aliphatic rings. The van der Waals surface area contributed by atoms with Crippen LogP contribution in [0.4, 0.5) is 0 Å². The number of hydrogen-bond donors (Lipinski definition) is 1. The maximum Gasteiger partial charge on any atom is 0.298 e. The summed E-state index contributed by atoms with van der Waals surface area (Å²) in [5.74, 6) is 11.4. The second kappa shape index (κ2) is 20.6. The summed E-state index contributed by atoms with van der Waals surface area (Å²) in [6, 6.07) is 11.7. The van der Waals surface area contributed by atoms with Crippen molar-refractivity contribution in [2.24, 2.45) is 16.7 Å². The molecule has 0 radical (unpaired) electrons. The number of carbonyl (C=O) groups is 1. The van der Waals surface area contributed by atoms with Gasteiger partial charge in [-0.15, -0.1) is 19.8 Å². The molecular weight excluding hydrogens is 682 g/mol. The van der Waals surface area contributed by atoms with Gasteiger partial charge >= 0.3 is 0 Å². The summed E-state index contributed by atoms with van der Waals surface area (Å²) >= 11 is 0. The molecule has 0 aromatic heterocycles. The average Bonchev–Trinajstić information content (AvgIpc) is 3.95. The van der Waals surface area contributed by atoms with Gasteiger partial charge in [-0.1, -0.05) is 46.8 Å². The number of ether oxygens (including phenoxy) is 1. The minimum atomic E-state index is -0.0665. The van der Waals surface area contributed by atoms with Crippen LogP contribution in [0, 0.1) is 40.6 Å². The number of quaternary nitrogens is 1. The Morgan fingerprint density at radius 2 is 1.57 bits per heavy atom. The van der Waals surface area contributed by atoms with Crippen LogP contribution in [0.1, 0.15) is 127 Å². The largest absolute Gasteiger partial charge is 0.429 e. The third-order valence-electron chi connectivity index (χ3n) is 11.5. The Morgan fingerprint density at radius 1 is 1.00 bits per heavy atom.